The van der Waals surface area contributed by atoms with Crippen molar-refractivity contribution in [2.45, 2.75) is 38.3 Å². The largest absolute Gasteiger partial charge is 0.324 e. The lowest BCUT2D eigenvalue weighted by Crippen LogP contribution is -2.05. The smallest absolute Gasteiger partial charge is 0.0960 e. The summed E-state index contributed by atoms with van der Waals surface area (Å²) in [5, 5.41) is 1.10. The van der Waals surface area contributed by atoms with Crippen LogP contribution < -0.4 is 5.73 Å². The molecule has 1 rings (SSSR count). The Kier molecular flexibility index (Phi) is 5.12. The Bertz CT molecular complexity index is 280. The second-order valence-corrected chi connectivity index (χ2v) is 5.36. The summed E-state index contributed by atoms with van der Waals surface area (Å²) in [6, 6.07) is 4.20. The third-order valence-corrected chi connectivity index (χ3v) is 3.21. The summed E-state index contributed by atoms with van der Waals surface area (Å²) in [4.78, 5) is 4.38. The van der Waals surface area contributed by atoms with Crippen molar-refractivity contribution >= 4 is 11.8 Å². The lowest BCUT2D eigenvalue weighted by molar-refractivity contribution is 0.632. The number of thioether (sulfide) groups is 1. The number of aromatic nitrogens is 1. The molecule has 0 radical (unpaired) electrons. The molecule has 84 valence electrons. The van der Waals surface area contributed by atoms with Crippen LogP contribution in [-0.4, -0.2) is 10.7 Å². The normalized spacial score (nSPS) is 13.1. The molecule has 1 aromatic heterocycles. The van der Waals surface area contributed by atoms with Crippen molar-refractivity contribution in [3.8, 4) is 0 Å². The van der Waals surface area contributed by atoms with Gasteiger partial charge in [-0.15, -0.1) is 11.8 Å². The van der Waals surface area contributed by atoms with Gasteiger partial charge in [-0.25, -0.2) is 4.98 Å². The van der Waals surface area contributed by atoms with Crippen LogP contribution in [0.25, 0.3) is 0 Å². The number of nitrogens with two attached hydrogens (primary N) is 1. The summed E-state index contributed by atoms with van der Waals surface area (Å²) in [5.74, 6) is 1.91. The van der Waals surface area contributed by atoms with Crippen LogP contribution in [0.2, 0.25) is 0 Å². The summed E-state index contributed by atoms with van der Waals surface area (Å²) in [6.45, 7) is 6.46. The first-order valence-corrected chi connectivity index (χ1v) is 6.42. The fraction of sp³-hybridized carbons (Fsp3) is 0.583. The van der Waals surface area contributed by atoms with E-state index in [1.807, 2.05) is 24.9 Å². The van der Waals surface area contributed by atoms with E-state index in [0.717, 1.165) is 22.3 Å². The fourth-order valence-corrected chi connectivity index (χ4v) is 2.24. The predicted molar refractivity (Wildman–Crippen MR) is 67.0 cm³/mol. The average molecular weight is 224 g/mol. The molecule has 0 aromatic carbocycles. The van der Waals surface area contributed by atoms with Crippen molar-refractivity contribution < 1.29 is 0 Å². The zero-order valence-electron chi connectivity index (χ0n) is 9.73. The summed E-state index contributed by atoms with van der Waals surface area (Å²) in [5.41, 5.74) is 6.86. The van der Waals surface area contributed by atoms with Gasteiger partial charge in [0.05, 0.1) is 5.03 Å². The van der Waals surface area contributed by atoms with Crippen LogP contribution in [0, 0.1) is 5.92 Å². The SMILES string of the molecule is CC(C)CCSc1ccc([C@H](C)N)cn1. The lowest BCUT2D eigenvalue weighted by atomic mass is 10.2. The molecule has 0 unspecified atom stereocenters. The van der Waals surface area contributed by atoms with E-state index in [1.165, 1.54) is 6.42 Å². The molecule has 2 N–H and O–H groups in total. The molecule has 0 spiro atoms. The maximum Gasteiger partial charge on any atom is 0.0960 e. The minimum Gasteiger partial charge on any atom is -0.324 e. The van der Waals surface area contributed by atoms with Gasteiger partial charge >= 0.3 is 0 Å². The topological polar surface area (TPSA) is 38.9 Å². The van der Waals surface area contributed by atoms with E-state index in [2.05, 4.69) is 31.0 Å². The van der Waals surface area contributed by atoms with Gasteiger partial charge in [-0.2, -0.15) is 0 Å². The van der Waals surface area contributed by atoms with Crippen LogP contribution in [0.3, 0.4) is 0 Å². The van der Waals surface area contributed by atoms with Gasteiger partial charge in [0.2, 0.25) is 0 Å². The van der Waals surface area contributed by atoms with E-state index < -0.39 is 0 Å². The second kappa shape index (κ2) is 6.13. The molecule has 0 saturated heterocycles. The van der Waals surface area contributed by atoms with Crippen molar-refractivity contribution in [1.82, 2.24) is 4.98 Å². The Labute approximate surface area is 96.7 Å². The molecule has 0 amide bonds. The van der Waals surface area contributed by atoms with Crippen LogP contribution in [0.1, 0.15) is 38.8 Å². The van der Waals surface area contributed by atoms with Gasteiger partial charge in [0.15, 0.2) is 0 Å². The van der Waals surface area contributed by atoms with Gasteiger partial charge in [0, 0.05) is 12.2 Å². The second-order valence-electron chi connectivity index (χ2n) is 4.25. The number of rotatable bonds is 5. The minimum atomic E-state index is 0.0761. The van der Waals surface area contributed by atoms with Crippen molar-refractivity contribution in [2.24, 2.45) is 11.7 Å². The van der Waals surface area contributed by atoms with E-state index in [-0.39, 0.29) is 6.04 Å². The molecular formula is C12H20N2S. The van der Waals surface area contributed by atoms with Crippen molar-refractivity contribution in [1.29, 1.82) is 0 Å². The standard InChI is InChI=1S/C12H20N2S/c1-9(2)6-7-15-12-5-4-11(8-14-12)10(3)13/h4-5,8-10H,6-7,13H2,1-3H3/t10-/m0/s1. The molecular weight excluding hydrogens is 204 g/mol. The molecule has 0 aliphatic rings. The van der Waals surface area contributed by atoms with Gasteiger partial charge in [-0.3, -0.25) is 0 Å². The molecule has 0 aliphatic heterocycles. The number of hydrogen-bond donors (Lipinski definition) is 1. The Morgan fingerprint density at radius 1 is 1.33 bits per heavy atom. The molecule has 0 saturated carbocycles. The third-order valence-electron chi connectivity index (χ3n) is 2.23. The molecule has 3 heteroatoms. The summed E-state index contributed by atoms with van der Waals surface area (Å²) < 4.78 is 0. The maximum atomic E-state index is 5.76. The molecule has 0 fully saturated rings. The minimum absolute atomic E-state index is 0.0761. The van der Waals surface area contributed by atoms with E-state index in [9.17, 15) is 0 Å². The van der Waals surface area contributed by atoms with Gasteiger partial charge in [0.1, 0.15) is 0 Å². The highest BCUT2D eigenvalue weighted by Gasteiger charge is 2.01. The Hall–Kier alpha value is -0.540. The van der Waals surface area contributed by atoms with Crippen molar-refractivity contribution in [3.63, 3.8) is 0 Å². The first kappa shape index (κ1) is 12.5. The maximum absolute atomic E-state index is 5.76. The quantitative estimate of drug-likeness (QED) is 0.780. The van der Waals surface area contributed by atoms with E-state index in [1.54, 1.807) is 0 Å². The van der Waals surface area contributed by atoms with Crippen LogP contribution in [0.4, 0.5) is 0 Å². The third kappa shape index (κ3) is 4.67. The average Bonchev–Trinajstić information content (AvgIpc) is 2.18. The predicted octanol–water partition coefficient (Wildman–Crippen LogP) is 3.24. The fourth-order valence-electron chi connectivity index (χ4n) is 1.15. The number of pyridine rings is 1. The highest BCUT2D eigenvalue weighted by molar-refractivity contribution is 7.99. The monoisotopic (exact) mass is 224 g/mol. The van der Waals surface area contributed by atoms with Crippen LogP contribution in [0.5, 0.6) is 0 Å². The number of hydrogen-bond acceptors (Lipinski definition) is 3. The number of nitrogens with zero attached hydrogens (tertiary/aromatic N) is 1. The molecule has 1 heterocycles. The first-order chi connectivity index (χ1) is 7.09. The van der Waals surface area contributed by atoms with E-state index >= 15 is 0 Å². The summed E-state index contributed by atoms with van der Waals surface area (Å²) >= 11 is 1.82. The van der Waals surface area contributed by atoms with Crippen molar-refractivity contribution in [2.75, 3.05) is 5.75 Å². The zero-order valence-corrected chi connectivity index (χ0v) is 10.6. The lowest BCUT2D eigenvalue weighted by Gasteiger charge is -2.06. The van der Waals surface area contributed by atoms with E-state index in [4.69, 9.17) is 5.73 Å². The molecule has 1 aromatic rings. The Balaban J connectivity index is 2.43. The molecule has 2 nitrogen and oxygen atoms in total. The Morgan fingerprint density at radius 2 is 2.07 bits per heavy atom. The highest BCUT2D eigenvalue weighted by atomic mass is 32.2. The zero-order chi connectivity index (χ0) is 11.3. The molecule has 1 atom stereocenters. The van der Waals surface area contributed by atoms with Crippen molar-refractivity contribution in [3.05, 3.63) is 23.9 Å². The molecule has 0 bridgehead atoms. The molecule has 0 aliphatic carbocycles. The van der Waals surface area contributed by atoms with Crippen LogP contribution in [-0.2, 0) is 0 Å². The van der Waals surface area contributed by atoms with Crippen LogP contribution >= 0.6 is 11.8 Å². The van der Waals surface area contributed by atoms with Gasteiger partial charge in [-0.05, 0) is 36.6 Å². The summed E-state index contributed by atoms with van der Waals surface area (Å²) in [6.07, 6.45) is 3.11. The van der Waals surface area contributed by atoms with Crippen LogP contribution in [0.15, 0.2) is 23.4 Å². The molecule has 15 heavy (non-hydrogen) atoms. The summed E-state index contributed by atoms with van der Waals surface area (Å²) in [7, 11) is 0. The van der Waals surface area contributed by atoms with Gasteiger partial charge in [0.25, 0.3) is 0 Å². The van der Waals surface area contributed by atoms with E-state index in [0.29, 0.717) is 0 Å². The first-order valence-electron chi connectivity index (χ1n) is 5.44. The van der Waals surface area contributed by atoms with Gasteiger partial charge < -0.3 is 5.73 Å². The van der Waals surface area contributed by atoms with Gasteiger partial charge in [-0.1, -0.05) is 19.9 Å². The highest BCUT2D eigenvalue weighted by Crippen LogP contribution is 2.19. The Morgan fingerprint density at radius 3 is 2.53 bits per heavy atom.